The second-order valence-corrected chi connectivity index (χ2v) is 9.91. The molecule has 1 aromatic rings. The summed E-state index contributed by atoms with van der Waals surface area (Å²) >= 11 is 0. The summed E-state index contributed by atoms with van der Waals surface area (Å²) in [5.41, 5.74) is -0.267. The van der Waals surface area contributed by atoms with Crippen molar-refractivity contribution in [3.8, 4) is 0 Å². The topological polar surface area (TPSA) is 83.7 Å². The molecule has 29 heavy (non-hydrogen) atoms. The van der Waals surface area contributed by atoms with Crippen molar-refractivity contribution in [3.05, 3.63) is 5.82 Å². The van der Waals surface area contributed by atoms with Gasteiger partial charge in [-0.05, 0) is 44.9 Å². The first kappa shape index (κ1) is 18.0. The number of anilines is 1. The number of likely N-dealkylation sites (tertiary alicyclic amines) is 1. The van der Waals surface area contributed by atoms with Gasteiger partial charge in [0.2, 0.25) is 0 Å². The molecule has 2 bridgehead atoms. The quantitative estimate of drug-likeness (QED) is 0.830. The molecule has 8 nitrogen and oxygen atoms in total. The fourth-order valence-corrected chi connectivity index (χ4v) is 6.39. The first-order valence-corrected chi connectivity index (χ1v) is 11.4. The zero-order valence-electron chi connectivity index (χ0n) is 17.2. The molecule has 6 rings (SSSR count). The standard InChI is InChI=1S/C21H31N5O3/c1-13-22-19(29-24-13)26-15-4-5-16(26)12-17(11-15)25-8-6-21(7-9-25)18(10-14-2-3-14)23-20(27)28-21/h14-18H,2-12H2,1H3,(H,23,27). The van der Waals surface area contributed by atoms with Crippen molar-refractivity contribution in [2.24, 2.45) is 5.92 Å². The minimum atomic E-state index is -0.267. The van der Waals surface area contributed by atoms with E-state index in [2.05, 4.69) is 25.3 Å². The normalized spacial score (nSPS) is 36.4. The number of amides is 1. The van der Waals surface area contributed by atoms with Crippen LogP contribution in [-0.4, -0.2) is 64.0 Å². The van der Waals surface area contributed by atoms with Gasteiger partial charge in [-0.1, -0.05) is 18.0 Å². The lowest BCUT2D eigenvalue weighted by atomic mass is 9.81. The number of aromatic nitrogens is 2. The Morgan fingerprint density at radius 3 is 2.45 bits per heavy atom. The van der Waals surface area contributed by atoms with Crippen molar-refractivity contribution in [3.63, 3.8) is 0 Å². The summed E-state index contributed by atoms with van der Waals surface area (Å²) in [6.45, 7) is 3.94. The minimum absolute atomic E-state index is 0.203. The molecule has 1 aromatic heterocycles. The van der Waals surface area contributed by atoms with Crippen molar-refractivity contribution in [1.82, 2.24) is 20.4 Å². The van der Waals surface area contributed by atoms with Crippen molar-refractivity contribution >= 4 is 12.1 Å². The van der Waals surface area contributed by atoms with E-state index in [1.54, 1.807) is 0 Å². The number of nitrogens with one attached hydrogen (secondary N) is 1. The maximum absolute atomic E-state index is 12.0. The molecule has 5 aliphatic rings. The largest absolute Gasteiger partial charge is 0.441 e. The Bertz CT molecular complexity index is 771. The molecule has 158 valence electrons. The van der Waals surface area contributed by atoms with Gasteiger partial charge in [0.1, 0.15) is 5.60 Å². The van der Waals surface area contributed by atoms with Crippen LogP contribution >= 0.6 is 0 Å². The Labute approximate surface area is 171 Å². The number of piperidine rings is 2. The van der Waals surface area contributed by atoms with Gasteiger partial charge >= 0.3 is 12.1 Å². The molecule has 3 unspecified atom stereocenters. The summed E-state index contributed by atoms with van der Waals surface area (Å²) in [5, 5.41) is 7.11. The highest BCUT2D eigenvalue weighted by Crippen LogP contribution is 2.44. The molecule has 1 spiro atoms. The zero-order chi connectivity index (χ0) is 19.6. The molecule has 4 aliphatic heterocycles. The molecule has 1 aliphatic carbocycles. The number of ether oxygens (including phenoxy) is 1. The number of alkyl carbamates (subject to hydrolysis) is 1. The van der Waals surface area contributed by atoms with E-state index in [-0.39, 0.29) is 17.7 Å². The SMILES string of the molecule is Cc1noc(N2C3CCC2CC(N2CCC4(CC2)OC(=O)NC4CC2CC2)C3)n1. The van der Waals surface area contributed by atoms with Crippen LogP contribution in [0.25, 0.3) is 0 Å². The molecule has 1 saturated carbocycles. The van der Waals surface area contributed by atoms with Crippen LogP contribution in [0.1, 0.15) is 63.6 Å². The fourth-order valence-electron chi connectivity index (χ4n) is 6.39. The average Bonchev–Trinajstić information content (AvgIpc) is 3.26. The second-order valence-electron chi connectivity index (χ2n) is 9.91. The van der Waals surface area contributed by atoms with Gasteiger partial charge in [0.15, 0.2) is 5.82 Å². The van der Waals surface area contributed by atoms with E-state index >= 15 is 0 Å². The van der Waals surface area contributed by atoms with E-state index in [4.69, 9.17) is 9.26 Å². The van der Waals surface area contributed by atoms with Gasteiger partial charge in [0, 0.05) is 44.1 Å². The number of nitrogens with zero attached hydrogens (tertiary/aromatic N) is 4. The highest BCUT2D eigenvalue weighted by Gasteiger charge is 2.53. The van der Waals surface area contributed by atoms with Gasteiger partial charge in [-0.3, -0.25) is 4.90 Å². The summed E-state index contributed by atoms with van der Waals surface area (Å²) < 4.78 is 11.4. The smallest absolute Gasteiger partial charge is 0.408 e. The molecular formula is C21H31N5O3. The Kier molecular flexibility index (Phi) is 4.08. The van der Waals surface area contributed by atoms with Crippen molar-refractivity contribution < 1.29 is 14.1 Å². The van der Waals surface area contributed by atoms with Gasteiger partial charge in [-0.25, -0.2) is 4.79 Å². The van der Waals surface area contributed by atoms with Gasteiger partial charge < -0.3 is 19.5 Å². The second kappa shape index (κ2) is 6.59. The molecule has 1 amide bonds. The number of carbonyl (C=O) groups is 1. The third-order valence-corrected chi connectivity index (χ3v) is 8.10. The number of fused-ring (bicyclic) bond motifs is 2. The van der Waals surface area contributed by atoms with Crippen LogP contribution in [0, 0.1) is 12.8 Å². The number of hydrogen-bond acceptors (Lipinski definition) is 7. The van der Waals surface area contributed by atoms with E-state index < -0.39 is 0 Å². The highest BCUT2D eigenvalue weighted by molar-refractivity contribution is 5.71. The van der Waals surface area contributed by atoms with Crippen LogP contribution in [0.4, 0.5) is 10.8 Å². The third kappa shape index (κ3) is 3.10. The molecule has 3 atom stereocenters. The first-order chi connectivity index (χ1) is 14.1. The summed E-state index contributed by atoms with van der Waals surface area (Å²) in [6.07, 6.45) is 10.2. The predicted molar refractivity (Wildman–Crippen MR) is 106 cm³/mol. The van der Waals surface area contributed by atoms with Gasteiger partial charge in [-0.2, -0.15) is 4.98 Å². The van der Waals surface area contributed by atoms with E-state index in [9.17, 15) is 4.79 Å². The molecular weight excluding hydrogens is 370 g/mol. The highest BCUT2D eigenvalue weighted by atomic mass is 16.6. The molecule has 8 heteroatoms. The van der Waals surface area contributed by atoms with Crippen molar-refractivity contribution in [2.75, 3.05) is 18.0 Å². The minimum Gasteiger partial charge on any atom is -0.441 e. The first-order valence-electron chi connectivity index (χ1n) is 11.4. The monoisotopic (exact) mass is 401 g/mol. The van der Waals surface area contributed by atoms with Crippen LogP contribution in [0.5, 0.6) is 0 Å². The van der Waals surface area contributed by atoms with Crippen molar-refractivity contribution in [2.45, 2.75) is 94.5 Å². The molecule has 0 radical (unpaired) electrons. The van der Waals surface area contributed by atoms with Crippen LogP contribution < -0.4 is 10.2 Å². The zero-order valence-corrected chi connectivity index (χ0v) is 17.2. The average molecular weight is 402 g/mol. The Hall–Kier alpha value is -1.83. The fraction of sp³-hybridized carbons (Fsp3) is 0.857. The van der Waals surface area contributed by atoms with E-state index in [1.807, 2.05) is 6.92 Å². The summed E-state index contributed by atoms with van der Waals surface area (Å²) in [6, 6.07) is 2.53. The Morgan fingerprint density at radius 2 is 1.83 bits per heavy atom. The number of rotatable bonds is 4. The number of carbonyl (C=O) groups excluding carboxylic acids is 1. The molecule has 4 saturated heterocycles. The van der Waals surface area contributed by atoms with Gasteiger partial charge in [-0.15, -0.1) is 0 Å². The Balaban J connectivity index is 1.11. The Morgan fingerprint density at radius 1 is 1.10 bits per heavy atom. The summed E-state index contributed by atoms with van der Waals surface area (Å²) in [7, 11) is 0. The van der Waals surface area contributed by atoms with Crippen LogP contribution in [-0.2, 0) is 4.74 Å². The summed E-state index contributed by atoms with van der Waals surface area (Å²) in [4.78, 5) is 21.5. The third-order valence-electron chi connectivity index (χ3n) is 8.10. The van der Waals surface area contributed by atoms with E-state index in [0.29, 0.717) is 30.0 Å². The molecule has 0 aromatic carbocycles. The van der Waals surface area contributed by atoms with Gasteiger partial charge in [0.05, 0.1) is 6.04 Å². The van der Waals surface area contributed by atoms with Crippen molar-refractivity contribution in [1.29, 1.82) is 0 Å². The molecule has 5 heterocycles. The molecule has 1 N–H and O–H groups in total. The van der Waals surface area contributed by atoms with Crippen LogP contribution in [0.15, 0.2) is 4.52 Å². The molecule has 5 fully saturated rings. The maximum atomic E-state index is 12.0. The lowest BCUT2D eigenvalue weighted by molar-refractivity contribution is -0.0337. The lowest BCUT2D eigenvalue weighted by Crippen LogP contribution is -2.57. The van der Waals surface area contributed by atoms with E-state index in [1.165, 1.54) is 25.7 Å². The predicted octanol–water partition coefficient (Wildman–Crippen LogP) is 2.62. The number of aryl methyl sites for hydroxylation is 1. The maximum Gasteiger partial charge on any atom is 0.408 e. The number of hydrogen-bond donors (Lipinski definition) is 1. The van der Waals surface area contributed by atoms with Gasteiger partial charge in [0.25, 0.3) is 0 Å². The summed E-state index contributed by atoms with van der Waals surface area (Å²) in [5.74, 6) is 1.51. The lowest BCUT2D eigenvalue weighted by Gasteiger charge is -2.47. The van der Waals surface area contributed by atoms with E-state index in [0.717, 1.165) is 51.1 Å². The van der Waals surface area contributed by atoms with Crippen LogP contribution in [0.2, 0.25) is 0 Å². The van der Waals surface area contributed by atoms with Crippen LogP contribution in [0.3, 0.4) is 0 Å².